The summed E-state index contributed by atoms with van der Waals surface area (Å²) in [5.41, 5.74) is 6.27. The lowest BCUT2D eigenvalue weighted by Crippen LogP contribution is -2.54. The first-order valence-electron chi connectivity index (χ1n) is 23.4. The van der Waals surface area contributed by atoms with Crippen LogP contribution in [0, 0.1) is 23.7 Å². The van der Waals surface area contributed by atoms with E-state index in [9.17, 15) is 24.3 Å². The number of nitrogens with zero attached hydrogens (tertiary/aromatic N) is 6. The quantitative estimate of drug-likeness (QED) is 0.112. The van der Waals surface area contributed by atoms with E-state index in [1.54, 1.807) is 6.20 Å². The molecular weight excluding hydrogens is 843 g/mol. The van der Waals surface area contributed by atoms with E-state index in [0.29, 0.717) is 69.8 Å². The molecule has 17 nitrogen and oxygen atoms in total. The Kier molecular flexibility index (Phi) is 11.0. The maximum Gasteiger partial charge on any atom is 0.407 e. The molecule has 4 N–H and O–H groups in total. The van der Waals surface area contributed by atoms with Crippen LogP contribution in [-0.4, -0.2) is 133 Å². The van der Waals surface area contributed by atoms with Gasteiger partial charge in [0.15, 0.2) is 0 Å². The number of pyridine rings is 1. The van der Waals surface area contributed by atoms with Crippen molar-refractivity contribution in [3.05, 3.63) is 78.6 Å². The van der Waals surface area contributed by atoms with Gasteiger partial charge in [0.25, 0.3) is 0 Å². The minimum atomic E-state index is -1.11. The summed E-state index contributed by atoms with van der Waals surface area (Å²) in [7, 11) is 2.82. The van der Waals surface area contributed by atoms with Gasteiger partial charge < -0.3 is 44.4 Å². The van der Waals surface area contributed by atoms with Gasteiger partial charge in [0, 0.05) is 50.9 Å². The number of ether oxygens (including phenoxy) is 3. The van der Waals surface area contributed by atoms with E-state index >= 15 is 0 Å². The first kappa shape index (κ1) is 42.3. The van der Waals surface area contributed by atoms with Gasteiger partial charge in [-0.05, 0) is 110 Å². The normalized spacial score (nSPS) is 25.8. The molecule has 4 aliphatic heterocycles. The Morgan fingerprint density at radius 1 is 0.742 bits per heavy atom. The summed E-state index contributed by atoms with van der Waals surface area (Å²) in [6.07, 6.45) is 8.09. The molecule has 6 aliphatic rings. The molecule has 0 unspecified atom stereocenters. The molecule has 8 atom stereocenters. The summed E-state index contributed by atoms with van der Waals surface area (Å²) in [5.74, 6) is 1.90. The van der Waals surface area contributed by atoms with Crippen LogP contribution in [0.2, 0.25) is 0 Å². The number of nitrogens with one attached hydrogen (secondary N) is 3. The Morgan fingerprint density at radius 3 is 1.95 bits per heavy atom. The van der Waals surface area contributed by atoms with E-state index in [2.05, 4.69) is 57.7 Å². The molecule has 66 heavy (non-hydrogen) atoms. The van der Waals surface area contributed by atoms with Gasteiger partial charge in [-0.1, -0.05) is 36.4 Å². The van der Waals surface area contributed by atoms with Crippen molar-refractivity contribution in [3.8, 4) is 33.8 Å². The fraction of sp³-hybridized carbons (Fsp3) is 0.490. The number of alkyl carbamates (subject to hydrolysis) is 1. The van der Waals surface area contributed by atoms with Crippen LogP contribution in [0.3, 0.4) is 0 Å². The fourth-order valence-electron chi connectivity index (χ4n) is 11.4. The standard InChI is InChI=1S/C49H55N9O8/c1-56(49(62)63)43(29-13-17-66-18-14-29)47(60)58-39-21-33(39)23-41(58)45-51-25-37(54-45)35-10-8-31-19-30(7-9-34(31)52-35)26-3-5-27(6-4-26)36-24-50-44(53-36)40-22-32-20-38(32)57(40)46(59)42(55-48(61)64-2)28-11-15-65-16-12-28/h3-10,19,24-25,28-29,32-33,38-43H,11-18,20-23H2,1-2H3,(H,50,53)(H,51,54)(H,55,61)(H,62,63)/t32-,33-,38-,39-,40+,41+,42+,43+/m1/s1. The lowest BCUT2D eigenvalue weighted by molar-refractivity contribution is -0.141. The molecule has 2 saturated carbocycles. The van der Waals surface area contributed by atoms with Crippen LogP contribution in [-0.2, 0) is 23.8 Å². The van der Waals surface area contributed by atoms with Gasteiger partial charge in [-0.3, -0.25) is 14.5 Å². The molecule has 2 aliphatic carbocycles. The topological polar surface area (TPSA) is 208 Å². The van der Waals surface area contributed by atoms with Crippen LogP contribution in [0.4, 0.5) is 9.59 Å². The smallest absolute Gasteiger partial charge is 0.407 e. The molecule has 17 heteroatoms. The van der Waals surface area contributed by atoms with Crippen molar-refractivity contribution in [1.82, 2.24) is 44.9 Å². The number of likely N-dealkylation sites (tertiary alicyclic amines) is 2. The van der Waals surface area contributed by atoms with Crippen LogP contribution in [0.15, 0.2) is 67.0 Å². The second-order valence-electron chi connectivity index (χ2n) is 19.0. The van der Waals surface area contributed by atoms with Crippen LogP contribution in [0.25, 0.3) is 44.7 Å². The van der Waals surface area contributed by atoms with Crippen molar-refractivity contribution in [2.75, 3.05) is 40.6 Å². The third-order valence-corrected chi connectivity index (χ3v) is 15.2. The maximum absolute atomic E-state index is 14.3. The van der Waals surface area contributed by atoms with Crippen LogP contribution in [0.5, 0.6) is 0 Å². The second-order valence-corrected chi connectivity index (χ2v) is 19.0. The number of imidazole rings is 2. The molecule has 2 aromatic carbocycles. The number of aromatic amines is 2. The van der Waals surface area contributed by atoms with Crippen LogP contribution < -0.4 is 5.32 Å². The van der Waals surface area contributed by atoms with Gasteiger partial charge in [0.1, 0.15) is 23.7 Å². The average Bonchev–Trinajstić information content (AvgIpc) is 3.93. The molecule has 0 bridgehead atoms. The van der Waals surface area contributed by atoms with Crippen molar-refractivity contribution < 1.29 is 38.5 Å². The van der Waals surface area contributed by atoms with E-state index in [4.69, 9.17) is 29.2 Å². The number of carboxylic acid groups (broad SMARTS) is 1. The molecule has 5 aromatic rings. The van der Waals surface area contributed by atoms with Crippen molar-refractivity contribution in [3.63, 3.8) is 0 Å². The highest BCUT2D eigenvalue weighted by Gasteiger charge is 2.58. The largest absolute Gasteiger partial charge is 0.465 e. The zero-order valence-electron chi connectivity index (χ0n) is 37.1. The summed E-state index contributed by atoms with van der Waals surface area (Å²) in [4.78, 5) is 79.7. The lowest BCUT2D eigenvalue weighted by Gasteiger charge is -2.38. The molecule has 344 valence electrons. The minimum absolute atomic E-state index is 0.0271. The highest BCUT2D eigenvalue weighted by Crippen LogP contribution is 2.55. The van der Waals surface area contributed by atoms with E-state index in [1.807, 2.05) is 28.1 Å². The Hall–Kier alpha value is -6.33. The Labute approximate surface area is 381 Å². The number of methoxy groups -OCH3 is 1. The van der Waals surface area contributed by atoms with Gasteiger partial charge in [0.2, 0.25) is 11.8 Å². The molecule has 4 saturated heterocycles. The number of H-pyrrole nitrogens is 2. The maximum atomic E-state index is 14.3. The first-order valence-corrected chi connectivity index (χ1v) is 23.4. The van der Waals surface area contributed by atoms with Gasteiger partial charge in [0.05, 0.1) is 54.2 Å². The summed E-state index contributed by atoms with van der Waals surface area (Å²) in [6.45, 7) is 2.16. The van der Waals surface area contributed by atoms with Gasteiger partial charge >= 0.3 is 12.2 Å². The third kappa shape index (κ3) is 7.84. The Morgan fingerprint density at radius 2 is 1.32 bits per heavy atom. The molecule has 4 amide bonds. The Bertz CT molecular complexity index is 2660. The summed E-state index contributed by atoms with van der Waals surface area (Å²) in [6, 6.07) is 16.9. The summed E-state index contributed by atoms with van der Waals surface area (Å²) >= 11 is 0. The number of carbonyl (C=O) groups is 4. The number of hydrogen-bond acceptors (Lipinski definition) is 10. The van der Waals surface area contributed by atoms with Crippen molar-refractivity contribution in [1.29, 1.82) is 0 Å². The number of carbonyl (C=O) groups excluding carboxylic acids is 3. The second kappa shape index (κ2) is 17.1. The number of fused-ring (bicyclic) bond motifs is 3. The lowest BCUT2D eigenvalue weighted by atomic mass is 9.89. The molecule has 0 radical (unpaired) electrons. The third-order valence-electron chi connectivity index (χ3n) is 15.2. The zero-order valence-corrected chi connectivity index (χ0v) is 37.1. The van der Waals surface area contributed by atoms with Gasteiger partial charge in [-0.2, -0.15) is 0 Å². The minimum Gasteiger partial charge on any atom is -0.465 e. The molecule has 0 spiro atoms. The monoisotopic (exact) mass is 897 g/mol. The van der Waals surface area contributed by atoms with Crippen LogP contribution in [0.1, 0.15) is 75.1 Å². The predicted octanol–water partition coefficient (Wildman–Crippen LogP) is 6.56. The number of aromatic nitrogens is 5. The number of hydrogen-bond donors (Lipinski definition) is 4. The summed E-state index contributed by atoms with van der Waals surface area (Å²) in [5, 5.41) is 13.8. The van der Waals surface area contributed by atoms with Crippen LogP contribution >= 0.6 is 0 Å². The average molecular weight is 898 g/mol. The molecule has 7 heterocycles. The van der Waals surface area contributed by atoms with Crippen molar-refractivity contribution in [2.24, 2.45) is 23.7 Å². The zero-order chi connectivity index (χ0) is 45.2. The Balaban J connectivity index is 0.771. The molecular formula is C49H55N9O8. The fourth-order valence-corrected chi connectivity index (χ4v) is 11.4. The number of benzene rings is 2. The van der Waals surface area contributed by atoms with E-state index in [0.717, 1.165) is 76.2 Å². The molecule has 11 rings (SSSR count). The van der Waals surface area contributed by atoms with Crippen molar-refractivity contribution >= 4 is 34.9 Å². The van der Waals surface area contributed by atoms with Crippen molar-refractivity contribution in [2.45, 2.75) is 87.6 Å². The van der Waals surface area contributed by atoms with E-state index in [-0.39, 0.29) is 47.8 Å². The predicted molar refractivity (Wildman–Crippen MR) is 241 cm³/mol. The van der Waals surface area contributed by atoms with E-state index < -0.39 is 24.3 Å². The first-order chi connectivity index (χ1) is 32.1. The molecule has 3 aromatic heterocycles. The van der Waals surface area contributed by atoms with E-state index in [1.165, 1.54) is 19.1 Å². The molecule has 6 fully saturated rings. The number of rotatable bonds is 11. The van der Waals surface area contributed by atoms with Gasteiger partial charge in [-0.25, -0.2) is 24.5 Å². The SMILES string of the molecule is COC(=O)N[C@H](C(=O)N1[C@@H]2C[C@@H]2C[C@H]1c1ncc(-c2ccc(-c3ccc4nc(-c5cnc([C@@H]6C[C@H]7C[C@H]7N6C(=O)[C@H](C6CCOCC6)N(C)C(=O)O)[nH]5)ccc4c3)cc2)[nH]1)C1CCOCC1. The number of likely N-dealkylation sites (N-methyl/N-ethyl adjacent to an activating group) is 1. The van der Waals surface area contributed by atoms with Gasteiger partial charge in [-0.15, -0.1) is 0 Å². The summed E-state index contributed by atoms with van der Waals surface area (Å²) < 4.78 is 16.0. The highest BCUT2D eigenvalue weighted by molar-refractivity contribution is 5.89. The highest BCUT2D eigenvalue weighted by atomic mass is 16.5. The number of amides is 4. The number of piperidine rings is 2.